The molecule has 0 spiro atoms. The first-order valence-electron chi connectivity index (χ1n) is 6.70. The monoisotopic (exact) mass is 320 g/mol. The molecule has 0 aromatic heterocycles. The Morgan fingerprint density at radius 2 is 1.50 bits per heavy atom. The van der Waals surface area contributed by atoms with Gasteiger partial charge in [-0.2, -0.15) is 0 Å². The Labute approximate surface area is 127 Å². The van der Waals surface area contributed by atoms with Crippen LogP contribution in [-0.4, -0.2) is 60.0 Å². The fourth-order valence-corrected chi connectivity index (χ4v) is 1.34. The van der Waals surface area contributed by atoms with Crippen molar-refractivity contribution in [1.82, 2.24) is 0 Å². The van der Waals surface area contributed by atoms with Crippen molar-refractivity contribution in [2.24, 2.45) is 0 Å². The van der Waals surface area contributed by atoms with Gasteiger partial charge >= 0.3 is 23.9 Å². The maximum absolute atomic E-state index is 11.3. The zero-order valence-corrected chi connectivity index (χ0v) is 12.3. The molecule has 22 heavy (non-hydrogen) atoms. The number of carboxylic acid groups (broad SMARTS) is 2. The van der Waals surface area contributed by atoms with E-state index in [2.05, 4.69) is 9.47 Å². The Hall–Kier alpha value is -2.16. The second-order valence-corrected chi connectivity index (χ2v) is 4.38. The minimum Gasteiger partial charge on any atom is -0.479 e. The summed E-state index contributed by atoms with van der Waals surface area (Å²) in [5, 5.41) is 16.6. The maximum Gasteiger partial charge on any atom is 0.341 e. The Balaban J connectivity index is 3.56. The number of esters is 2. The third-order valence-corrected chi connectivity index (χ3v) is 2.42. The minimum atomic E-state index is -1.24. The summed E-state index contributed by atoms with van der Waals surface area (Å²) in [7, 11) is 0. The molecule has 9 nitrogen and oxygen atoms in total. The van der Waals surface area contributed by atoms with Gasteiger partial charge in [0.15, 0.2) is 19.3 Å². The first kappa shape index (κ1) is 19.8. The molecule has 0 bridgehead atoms. The standard InChI is InChI=1S/C13H20O9/c1-9(13(19)22-8-11(16)17)20-6-4-2-3-5-12(18)21-7-10(14)15/h9H,2-8H2,1H3,(H,14,15)(H,16,17). The first-order valence-corrected chi connectivity index (χ1v) is 6.70. The number of unbranched alkanes of at least 4 members (excludes halogenated alkanes) is 2. The molecule has 126 valence electrons. The highest BCUT2D eigenvalue weighted by Crippen LogP contribution is 2.04. The molecule has 0 amide bonds. The number of aliphatic carboxylic acids is 2. The summed E-state index contributed by atoms with van der Waals surface area (Å²) in [6.07, 6.45) is 0.991. The molecular formula is C13H20O9. The van der Waals surface area contributed by atoms with Gasteiger partial charge in [0.1, 0.15) is 0 Å². The fourth-order valence-electron chi connectivity index (χ4n) is 1.34. The largest absolute Gasteiger partial charge is 0.479 e. The molecule has 0 saturated heterocycles. The highest BCUT2D eigenvalue weighted by Gasteiger charge is 2.15. The van der Waals surface area contributed by atoms with Crippen molar-refractivity contribution in [3.05, 3.63) is 0 Å². The van der Waals surface area contributed by atoms with Crippen LogP contribution in [-0.2, 0) is 33.4 Å². The van der Waals surface area contributed by atoms with Gasteiger partial charge in [-0.05, 0) is 19.8 Å². The van der Waals surface area contributed by atoms with Crippen LogP contribution >= 0.6 is 0 Å². The number of ether oxygens (including phenoxy) is 3. The molecule has 2 N–H and O–H groups in total. The molecular weight excluding hydrogens is 300 g/mol. The number of carboxylic acids is 2. The summed E-state index contributed by atoms with van der Waals surface area (Å²) in [5.74, 6) is -3.77. The van der Waals surface area contributed by atoms with Crippen molar-refractivity contribution in [2.45, 2.75) is 38.7 Å². The van der Waals surface area contributed by atoms with Gasteiger partial charge in [-0.25, -0.2) is 14.4 Å². The highest BCUT2D eigenvalue weighted by molar-refractivity contribution is 5.78. The van der Waals surface area contributed by atoms with Gasteiger partial charge < -0.3 is 24.4 Å². The van der Waals surface area contributed by atoms with E-state index < -0.39 is 43.2 Å². The summed E-state index contributed by atoms with van der Waals surface area (Å²) in [6.45, 7) is 0.365. The number of carbonyl (C=O) groups is 4. The second-order valence-electron chi connectivity index (χ2n) is 4.38. The van der Waals surface area contributed by atoms with Gasteiger partial charge in [-0.15, -0.1) is 0 Å². The van der Waals surface area contributed by atoms with Crippen molar-refractivity contribution in [3.8, 4) is 0 Å². The van der Waals surface area contributed by atoms with E-state index in [9.17, 15) is 19.2 Å². The normalized spacial score (nSPS) is 11.5. The summed E-state index contributed by atoms with van der Waals surface area (Å²) in [6, 6.07) is 0. The Morgan fingerprint density at radius 1 is 0.909 bits per heavy atom. The van der Waals surface area contributed by atoms with Gasteiger partial charge in [0.25, 0.3) is 0 Å². The van der Waals surface area contributed by atoms with E-state index in [1.165, 1.54) is 6.92 Å². The number of hydrogen-bond acceptors (Lipinski definition) is 7. The molecule has 0 heterocycles. The average molecular weight is 320 g/mol. The van der Waals surface area contributed by atoms with Crippen molar-refractivity contribution < 1.29 is 43.6 Å². The Kier molecular flexibility index (Phi) is 10.4. The van der Waals surface area contributed by atoms with Gasteiger partial charge in [-0.1, -0.05) is 6.42 Å². The first-order chi connectivity index (χ1) is 10.3. The molecule has 9 heteroatoms. The van der Waals surface area contributed by atoms with E-state index >= 15 is 0 Å². The van der Waals surface area contributed by atoms with Crippen LogP contribution in [0.3, 0.4) is 0 Å². The van der Waals surface area contributed by atoms with Crippen LogP contribution in [0.4, 0.5) is 0 Å². The summed E-state index contributed by atoms with van der Waals surface area (Å²) in [5.41, 5.74) is 0. The van der Waals surface area contributed by atoms with Gasteiger partial charge in [-0.3, -0.25) is 4.79 Å². The lowest BCUT2D eigenvalue weighted by Gasteiger charge is -2.11. The predicted molar refractivity (Wildman–Crippen MR) is 71.1 cm³/mol. The molecule has 1 unspecified atom stereocenters. The summed E-state index contributed by atoms with van der Waals surface area (Å²) < 4.78 is 14.1. The van der Waals surface area contributed by atoms with E-state index in [0.717, 1.165) is 0 Å². The topological polar surface area (TPSA) is 136 Å². The maximum atomic E-state index is 11.3. The van der Waals surface area contributed by atoms with Gasteiger partial charge in [0.05, 0.1) is 0 Å². The lowest BCUT2D eigenvalue weighted by Crippen LogP contribution is -2.26. The lowest BCUT2D eigenvalue weighted by molar-refractivity contribution is -0.163. The Bertz CT molecular complexity index is 391. The van der Waals surface area contributed by atoms with E-state index in [1.54, 1.807) is 0 Å². The zero-order valence-electron chi connectivity index (χ0n) is 12.3. The molecule has 0 fully saturated rings. The fraction of sp³-hybridized carbons (Fsp3) is 0.692. The van der Waals surface area contributed by atoms with Crippen molar-refractivity contribution in [1.29, 1.82) is 0 Å². The smallest absolute Gasteiger partial charge is 0.341 e. The number of rotatable bonds is 12. The molecule has 0 rings (SSSR count). The van der Waals surface area contributed by atoms with Crippen LogP contribution in [0.15, 0.2) is 0 Å². The molecule has 0 aromatic rings. The summed E-state index contributed by atoms with van der Waals surface area (Å²) in [4.78, 5) is 42.7. The van der Waals surface area contributed by atoms with Crippen LogP contribution in [0.1, 0.15) is 32.6 Å². The van der Waals surface area contributed by atoms with E-state index in [1.807, 2.05) is 0 Å². The van der Waals surface area contributed by atoms with E-state index in [4.69, 9.17) is 14.9 Å². The average Bonchev–Trinajstić information content (AvgIpc) is 2.45. The summed E-state index contributed by atoms with van der Waals surface area (Å²) >= 11 is 0. The van der Waals surface area contributed by atoms with Crippen LogP contribution in [0.2, 0.25) is 0 Å². The van der Waals surface area contributed by atoms with Crippen LogP contribution < -0.4 is 0 Å². The van der Waals surface area contributed by atoms with Crippen LogP contribution in [0.5, 0.6) is 0 Å². The number of hydrogen-bond donors (Lipinski definition) is 2. The van der Waals surface area contributed by atoms with Crippen molar-refractivity contribution in [2.75, 3.05) is 19.8 Å². The van der Waals surface area contributed by atoms with E-state index in [0.29, 0.717) is 19.3 Å². The molecule has 1 atom stereocenters. The molecule has 0 aliphatic rings. The molecule has 0 aromatic carbocycles. The highest BCUT2D eigenvalue weighted by atomic mass is 16.6. The molecule has 0 radical (unpaired) electrons. The van der Waals surface area contributed by atoms with Crippen LogP contribution in [0, 0.1) is 0 Å². The third kappa shape index (κ3) is 11.6. The van der Waals surface area contributed by atoms with Crippen molar-refractivity contribution in [3.63, 3.8) is 0 Å². The zero-order chi connectivity index (χ0) is 17.0. The quantitative estimate of drug-likeness (QED) is 0.382. The minimum absolute atomic E-state index is 0.115. The molecule has 0 aliphatic heterocycles. The molecule has 0 saturated carbocycles. The predicted octanol–water partition coefficient (Wildman–Crippen LogP) is 0.208. The van der Waals surface area contributed by atoms with Crippen LogP contribution in [0.25, 0.3) is 0 Å². The van der Waals surface area contributed by atoms with E-state index in [-0.39, 0.29) is 13.0 Å². The SMILES string of the molecule is CC(OCCCCCC(=O)OCC(=O)O)C(=O)OCC(=O)O. The lowest BCUT2D eigenvalue weighted by atomic mass is 10.2. The second kappa shape index (κ2) is 11.5. The number of carbonyl (C=O) groups excluding carboxylic acids is 2. The van der Waals surface area contributed by atoms with Gasteiger partial charge in [0, 0.05) is 13.0 Å². The van der Waals surface area contributed by atoms with Crippen molar-refractivity contribution >= 4 is 23.9 Å². The van der Waals surface area contributed by atoms with Gasteiger partial charge in [0.2, 0.25) is 0 Å². The third-order valence-electron chi connectivity index (χ3n) is 2.42. The Morgan fingerprint density at radius 3 is 2.09 bits per heavy atom. The molecule has 0 aliphatic carbocycles.